The third kappa shape index (κ3) is 6.95. The van der Waals surface area contributed by atoms with Crippen molar-refractivity contribution in [2.24, 2.45) is 0 Å². The van der Waals surface area contributed by atoms with Crippen LogP contribution in [0.2, 0.25) is 5.02 Å². The number of fused-ring (bicyclic) bond motifs is 1. The summed E-state index contributed by atoms with van der Waals surface area (Å²) in [5, 5.41) is 16.5. The van der Waals surface area contributed by atoms with Crippen LogP contribution in [0, 0.1) is 0 Å². The Hall–Kier alpha value is -3.73. The van der Waals surface area contributed by atoms with E-state index in [0.717, 1.165) is 24.0 Å². The van der Waals surface area contributed by atoms with Gasteiger partial charge in [0, 0.05) is 36.9 Å². The quantitative estimate of drug-likeness (QED) is 0.329. The van der Waals surface area contributed by atoms with Gasteiger partial charge in [0.15, 0.2) is 0 Å². The molecule has 41 heavy (non-hydrogen) atoms. The Morgan fingerprint density at radius 1 is 1.20 bits per heavy atom. The smallest absolute Gasteiger partial charge is 0.254 e. The zero-order valence-corrected chi connectivity index (χ0v) is 23.9. The Morgan fingerprint density at radius 3 is 2.66 bits per heavy atom. The topological polar surface area (TPSA) is 126 Å². The molecule has 10 nitrogen and oxygen atoms in total. The summed E-state index contributed by atoms with van der Waals surface area (Å²) in [6, 6.07) is 12.3. The maximum absolute atomic E-state index is 13.3. The molecular weight excluding hydrogens is 546 g/mol. The molecule has 1 fully saturated rings. The van der Waals surface area contributed by atoms with E-state index in [0.29, 0.717) is 53.3 Å². The molecule has 3 N–H and O–H groups in total. The number of nitrogens with zero attached hydrogens (tertiary/aromatic N) is 3. The SMILES string of the molecule is CC(C)Oc1ccc(C(CO)NC(=O)CN2Cc3ccc(-c4nc(NC5CCOCC5)ncc4Cl)cc3C2=O)cc1. The third-order valence-corrected chi connectivity index (χ3v) is 7.34. The summed E-state index contributed by atoms with van der Waals surface area (Å²) >= 11 is 6.45. The standard InChI is InChI=1S/C30H34ClN5O5/c1-18(2)41-23-7-5-19(6-8-23)26(17-37)34-27(38)16-36-15-21-4-3-20(13-24(21)29(36)39)28-25(31)14-32-30(35-28)33-22-9-11-40-12-10-22/h3-8,13-14,18,22,26,37H,9-12,15-17H2,1-2H3,(H,34,38)(H,32,33,35). The lowest BCUT2D eigenvalue weighted by Gasteiger charge is -2.23. The maximum Gasteiger partial charge on any atom is 0.254 e. The summed E-state index contributed by atoms with van der Waals surface area (Å²) in [6.07, 6.45) is 3.34. The van der Waals surface area contributed by atoms with Crippen molar-refractivity contribution in [2.45, 2.75) is 51.4 Å². The number of anilines is 1. The van der Waals surface area contributed by atoms with Crippen LogP contribution in [0.3, 0.4) is 0 Å². The first kappa shape index (κ1) is 28.8. The van der Waals surface area contributed by atoms with E-state index < -0.39 is 6.04 Å². The fourth-order valence-corrected chi connectivity index (χ4v) is 5.20. The van der Waals surface area contributed by atoms with E-state index in [1.165, 1.54) is 4.90 Å². The molecule has 0 bridgehead atoms. The molecule has 5 rings (SSSR count). The van der Waals surface area contributed by atoms with Crippen molar-refractivity contribution in [3.63, 3.8) is 0 Å². The van der Waals surface area contributed by atoms with Gasteiger partial charge in [-0.2, -0.15) is 0 Å². The normalized spacial score (nSPS) is 16.0. The number of hydrogen-bond acceptors (Lipinski definition) is 8. The maximum atomic E-state index is 13.3. The molecule has 0 radical (unpaired) electrons. The molecule has 2 aliphatic heterocycles. The van der Waals surface area contributed by atoms with Gasteiger partial charge < -0.3 is 30.1 Å². The van der Waals surface area contributed by atoms with E-state index in [2.05, 4.69) is 20.6 Å². The third-order valence-electron chi connectivity index (χ3n) is 7.07. The van der Waals surface area contributed by atoms with E-state index in [-0.39, 0.29) is 37.1 Å². The average molecular weight is 580 g/mol. The van der Waals surface area contributed by atoms with Crippen molar-refractivity contribution in [2.75, 3.05) is 31.7 Å². The number of rotatable bonds is 10. The van der Waals surface area contributed by atoms with Gasteiger partial charge in [-0.3, -0.25) is 9.59 Å². The molecular formula is C30H34ClN5O5. The number of amides is 2. The number of carbonyl (C=O) groups excluding carboxylic acids is 2. The van der Waals surface area contributed by atoms with Crippen LogP contribution in [0.25, 0.3) is 11.3 Å². The Labute approximate surface area is 244 Å². The van der Waals surface area contributed by atoms with Gasteiger partial charge >= 0.3 is 0 Å². The van der Waals surface area contributed by atoms with Gasteiger partial charge in [0.1, 0.15) is 12.3 Å². The molecule has 2 aromatic carbocycles. The highest BCUT2D eigenvalue weighted by molar-refractivity contribution is 6.33. The van der Waals surface area contributed by atoms with Crippen molar-refractivity contribution in [3.05, 3.63) is 70.4 Å². The first-order chi connectivity index (χ1) is 19.8. The summed E-state index contributed by atoms with van der Waals surface area (Å²) in [7, 11) is 0. The number of hydrogen-bond donors (Lipinski definition) is 3. The molecule has 0 aliphatic carbocycles. The highest BCUT2D eigenvalue weighted by atomic mass is 35.5. The van der Waals surface area contributed by atoms with Gasteiger partial charge in [-0.05, 0) is 56.0 Å². The molecule has 0 saturated carbocycles. The minimum atomic E-state index is -0.605. The van der Waals surface area contributed by atoms with E-state index in [1.807, 2.05) is 26.0 Å². The number of benzene rings is 2. The Kier molecular flexibility index (Phi) is 9.02. The van der Waals surface area contributed by atoms with Gasteiger partial charge in [0.2, 0.25) is 11.9 Å². The largest absolute Gasteiger partial charge is 0.491 e. The number of aliphatic hydroxyl groups excluding tert-OH is 1. The molecule has 11 heteroatoms. The molecule has 1 aromatic heterocycles. The number of nitrogens with one attached hydrogen (secondary N) is 2. The molecule has 2 amide bonds. The van der Waals surface area contributed by atoms with Crippen LogP contribution in [-0.4, -0.2) is 70.3 Å². The predicted octanol–water partition coefficient (Wildman–Crippen LogP) is 3.98. The number of ether oxygens (including phenoxy) is 2. The molecule has 1 saturated heterocycles. The first-order valence-electron chi connectivity index (χ1n) is 13.8. The lowest BCUT2D eigenvalue weighted by atomic mass is 10.0. The number of aliphatic hydroxyl groups is 1. The molecule has 3 heterocycles. The van der Waals surface area contributed by atoms with Gasteiger partial charge in [0.25, 0.3) is 5.91 Å². The van der Waals surface area contributed by atoms with Crippen molar-refractivity contribution in [1.82, 2.24) is 20.2 Å². The van der Waals surface area contributed by atoms with E-state index in [4.69, 9.17) is 21.1 Å². The molecule has 1 unspecified atom stereocenters. The van der Waals surface area contributed by atoms with E-state index in [1.54, 1.807) is 36.5 Å². The highest BCUT2D eigenvalue weighted by Crippen LogP contribution is 2.32. The van der Waals surface area contributed by atoms with E-state index >= 15 is 0 Å². The monoisotopic (exact) mass is 579 g/mol. The van der Waals surface area contributed by atoms with Gasteiger partial charge in [-0.15, -0.1) is 0 Å². The summed E-state index contributed by atoms with van der Waals surface area (Å²) < 4.78 is 11.1. The van der Waals surface area contributed by atoms with Crippen LogP contribution in [0.1, 0.15) is 54.2 Å². The Morgan fingerprint density at radius 2 is 1.95 bits per heavy atom. The molecule has 1 atom stereocenters. The first-order valence-corrected chi connectivity index (χ1v) is 14.1. The summed E-state index contributed by atoms with van der Waals surface area (Å²) in [6.45, 7) is 5.16. The van der Waals surface area contributed by atoms with Gasteiger partial charge in [0.05, 0.1) is 35.7 Å². The van der Waals surface area contributed by atoms with Gasteiger partial charge in [-0.25, -0.2) is 9.97 Å². The molecule has 216 valence electrons. The van der Waals surface area contributed by atoms with Crippen LogP contribution in [-0.2, 0) is 16.1 Å². The highest BCUT2D eigenvalue weighted by Gasteiger charge is 2.30. The Bertz CT molecular complexity index is 1390. The van der Waals surface area contributed by atoms with Crippen LogP contribution in [0.5, 0.6) is 5.75 Å². The number of aromatic nitrogens is 2. The summed E-state index contributed by atoms with van der Waals surface area (Å²) in [5.74, 6) is 0.567. The number of carbonyl (C=O) groups is 2. The predicted molar refractivity (Wildman–Crippen MR) is 155 cm³/mol. The lowest BCUT2D eigenvalue weighted by Crippen LogP contribution is -2.40. The Balaban J connectivity index is 1.24. The minimum Gasteiger partial charge on any atom is -0.491 e. The van der Waals surface area contributed by atoms with E-state index in [9.17, 15) is 14.7 Å². The number of halogens is 1. The van der Waals surface area contributed by atoms with Crippen molar-refractivity contribution in [3.8, 4) is 17.0 Å². The molecule has 2 aliphatic rings. The zero-order chi connectivity index (χ0) is 28.9. The zero-order valence-electron chi connectivity index (χ0n) is 23.1. The van der Waals surface area contributed by atoms with Crippen LogP contribution < -0.4 is 15.4 Å². The fourth-order valence-electron chi connectivity index (χ4n) is 5.00. The van der Waals surface area contributed by atoms with Crippen LogP contribution in [0.15, 0.2) is 48.7 Å². The molecule has 3 aromatic rings. The second-order valence-electron chi connectivity index (χ2n) is 10.5. The minimum absolute atomic E-state index is 0.0435. The van der Waals surface area contributed by atoms with Crippen molar-refractivity contribution >= 4 is 29.4 Å². The van der Waals surface area contributed by atoms with Crippen molar-refractivity contribution in [1.29, 1.82) is 0 Å². The lowest BCUT2D eigenvalue weighted by molar-refractivity contribution is -0.122. The summed E-state index contributed by atoms with van der Waals surface area (Å²) in [5.41, 5.74) is 3.28. The molecule has 0 spiro atoms. The fraction of sp³-hybridized carbons (Fsp3) is 0.400. The second-order valence-corrected chi connectivity index (χ2v) is 10.9. The van der Waals surface area contributed by atoms with Gasteiger partial charge in [-0.1, -0.05) is 35.9 Å². The summed E-state index contributed by atoms with van der Waals surface area (Å²) in [4.78, 5) is 36.6. The van der Waals surface area contributed by atoms with Crippen molar-refractivity contribution < 1.29 is 24.2 Å². The van der Waals surface area contributed by atoms with Crippen LogP contribution in [0.4, 0.5) is 5.95 Å². The van der Waals surface area contributed by atoms with Crippen LogP contribution >= 0.6 is 11.6 Å². The second kappa shape index (κ2) is 12.8. The average Bonchev–Trinajstić information content (AvgIpc) is 3.27.